The van der Waals surface area contributed by atoms with Crippen LogP contribution in [0.2, 0.25) is 0 Å². The van der Waals surface area contributed by atoms with Crippen molar-refractivity contribution in [3.63, 3.8) is 0 Å². The van der Waals surface area contributed by atoms with Crippen LogP contribution in [-0.4, -0.2) is 34.1 Å². The third kappa shape index (κ3) is 3.15. The summed E-state index contributed by atoms with van der Waals surface area (Å²) in [6.45, 7) is 6.48. The molecule has 5 heteroatoms. The predicted octanol–water partition coefficient (Wildman–Crippen LogP) is 2.59. The van der Waals surface area contributed by atoms with E-state index in [1.807, 2.05) is 0 Å². The van der Waals surface area contributed by atoms with Crippen LogP contribution in [0.25, 0.3) is 6.08 Å². The first kappa shape index (κ1) is 14.5. The third-order valence-electron chi connectivity index (χ3n) is 4.30. The fraction of sp³-hybridized carbons (Fsp3) is 0.533. The van der Waals surface area contributed by atoms with Crippen LogP contribution in [0.15, 0.2) is 18.5 Å². The average molecular weight is 275 g/mol. The molecule has 2 heterocycles. The van der Waals surface area contributed by atoms with Crippen molar-refractivity contribution in [2.24, 2.45) is 5.41 Å². The van der Waals surface area contributed by atoms with Crippen molar-refractivity contribution in [3.05, 3.63) is 24.0 Å². The summed E-state index contributed by atoms with van der Waals surface area (Å²) in [6.07, 6.45) is 9.47. The Labute approximate surface area is 119 Å². The first-order chi connectivity index (χ1) is 9.58. The minimum atomic E-state index is -0.968. The number of aromatic nitrogens is 2. The van der Waals surface area contributed by atoms with Gasteiger partial charge in [0.25, 0.3) is 0 Å². The number of carboxylic acid groups (broad SMARTS) is 1. The largest absolute Gasteiger partial charge is 0.478 e. The van der Waals surface area contributed by atoms with Gasteiger partial charge in [-0.2, -0.15) is 0 Å². The Hall–Kier alpha value is -1.91. The fourth-order valence-corrected chi connectivity index (χ4v) is 2.68. The Balaban J connectivity index is 2.06. The van der Waals surface area contributed by atoms with Crippen LogP contribution in [0.4, 0.5) is 5.95 Å². The number of hydrogen-bond acceptors (Lipinski definition) is 4. The summed E-state index contributed by atoms with van der Waals surface area (Å²) >= 11 is 0. The van der Waals surface area contributed by atoms with E-state index in [1.165, 1.54) is 25.3 Å². The van der Waals surface area contributed by atoms with E-state index in [-0.39, 0.29) is 0 Å². The highest BCUT2D eigenvalue weighted by Gasteiger charge is 2.35. The van der Waals surface area contributed by atoms with Crippen molar-refractivity contribution < 1.29 is 9.90 Å². The molecule has 1 N–H and O–H groups in total. The molecule has 0 unspecified atom stereocenters. The van der Waals surface area contributed by atoms with Gasteiger partial charge in [0, 0.05) is 37.1 Å². The van der Waals surface area contributed by atoms with E-state index in [0.717, 1.165) is 25.1 Å². The van der Waals surface area contributed by atoms with Gasteiger partial charge in [-0.25, -0.2) is 14.8 Å². The van der Waals surface area contributed by atoms with Crippen LogP contribution < -0.4 is 4.90 Å². The SMILES string of the molecule is CCC1(CC)CCN(c2ncc(/C=C/C(=O)O)cn2)C1. The zero-order valence-electron chi connectivity index (χ0n) is 12.0. The molecule has 0 radical (unpaired) electrons. The van der Waals surface area contributed by atoms with Crippen molar-refractivity contribution in [1.29, 1.82) is 0 Å². The van der Waals surface area contributed by atoms with E-state index in [0.29, 0.717) is 11.0 Å². The number of aliphatic carboxylic acids is 1. The minimum absolute atomic E-state index is 0.394. The molecular weight excluding hydrogens is 254 g/mol. The number of rotatable bonds is 5. The highest BCUT2D eigenvalue weighted by atomic mass is 16.4. The second-order valence-electron chi connectivity index (χ2n) is 5.37. The van der Waals surface area contributed by atoms with Crippen molar-refractivity contribution in [1.82, 2.24) is 9.97 Å². The lowest BCUT2D eigenvalue weighted by atomic mass is 9.82. The molecule has 0 bridgehead atoms. The minimum Gasteiger partial charge on any atom is -0.478 e. The first-order valence-corrected chi connectivity index (χ1v) is 7.06. The number of carboxylic acids is 1. The topological polar surface area (TPSA) is 66.3 Å². The lowest BCUT2D eigenvalue weighted by Gasteiger charge is -2.26. The molecule has 2 rings (SSSR count). The number of hydrogen-bond donors (Lipinski definition) is 1. The second-order valence-corrected chi connectivity index (χ2v) is 5.37. The van der Waals surface area contributed by atoms with Crippen LogP contribution >= 0.6 is 0 Å². The number of nitrogens with zero attached hydrogens (tertiary/aromatic N) is 3. The summed E-state index contributed by atoms with van der Waals surface area (Å²) in [5.41, 5.74) is 1.10. The molecule has 108 valence electrons. The summed E-state index contributed by atoms with van der Waals surface area (Å²) in [4.78, 5) is 21.4. The van der Waals surface area contributed by atoms with Crippen molar-refractivity contribution in [2.45, 2.75) is 33.1 Å². The maximum absolute atomic E-state index is 10.5. The van der Waals surface area contributed by atoms with Crippen molar-refractivity contribution >= 4 is 18.0 Å². The Morgan fingerprint density at radius 3 is 2.55 bits per heavy atom. The summed E-state index contributed by atoms with van der Waals surface area (Å²) in [6, 6.07) is 0. The molecule has 0 atom stereocenters. The lowest BCUT2D eigenvalue weighted by Crippen LogP contribution is -2.27. The molecule has 20 heavy (non-hydrogen) atoms. The Morgan fingerprint density at radius 1 is 1.40 bits per heavy atom. The Bertz CT molecular complexity index is 492. The predicted molar refractivity (Wildman–Crippen MR) is 78.5 cm³/mol. The van der Waals surface area contributed by atoms with E-state index >= 15 is 0 Å². The Morgan fingerprint density at radius 2 is 2.05 bits per heavy atom. The maximum atomic E-state index is 10.5. The Kier molecular flexibility index (Phi) is 4.37. The van der Waals surface area contributed by atoms with Gasteiger partial charge in [-0.1, -0.05) is 13.8 Å². The highest BCUT2D eigenvalue weighted by Crippen LogP contribution is 2.37. The van der Waals surface area contributed by atoms with Gasteiger partial charge in [-0.3, -0.25) is 0 Å². The first-order valence-electron chi connectivity index (χ1n) is 7.06. The molecule has 0 amide bonds. The second kappa shape index (κ2) is 6.03. The standard InChI is InChI=1S/C15H21N3O2/c1-3-15(4-2)7-8-18(11-15)14-16-9-12(10-17-14)5-6-13(19)20/h5-6,9-10H,3-4,7-8,11H2,1-2H3,(H,19,20)/b6-5+. The lowest BCUT2D eigenvalue weighted by molar-refractivity contribution is -0.131. The molecule has 1 aromatic heterocycles. The molecule has 0 aliphatic carbocycles. The van der Waals surface area contributed by atoms with Crippen LogP contribution in [0.3, 0.4) is 0 Å². The molecule has 0 spiro atoms. The molecule has 1 saturated heterocycles. The monoisotopic (exact) mass is 275 g/mol. The van der Waals surface area contributed by atoms with Gasteiger partial charge < -0.3 is 10.0 Å². The van der Waals surface area contributed by atoms with Gasteiger partial charge in [0.05, 0.1) is 0 Å². The van der Waals surface area contributed by atoms with E-state index in [9.17, 15) is 4.79 Å². The zero-order chi connectivity index (χ0) is 14.6. The van der Waals surface area contributed by atoms with Gasteiger partial charge in [0.2, 0.25) is 5.95 Å². The molecule has 0 saturated carbocycles. The summed E-state index contributed by atoms with van der Waals surface area (Å²) in [5.74, 6) is -0.231. The van der Waals surface area contributed by atoms with Gasteiger partial charge in [0.1, 0.15) is 0 Å². The number of anilines is 1. The highest BCUT2D eigenvalue weighted by molar-refractivity contribution is 5.85. The van der Waals surface area contributed by atoms with E-state index in [1.54, 1.807) is 12.4 Å². The van der Waals surface area contributed by atoms with Crippen LogP contribution in [-0.2, 0) is 4.79 Å². The van der Waals surface area contributed by atoms with E-state index < -0.39 is 5.97 Å². The molecule has 1 aromatic rings. The molecule has 1 aliphatic rings. The molecule has 1 fully saturated rings. The van der Waals surface area contributed by atoms with Gasteiger partial charge in [0.15, 0.2) is 0 Å². The van der Waals surface area contributed by atoms with Crippen LogP contribution in [0.1, 0.15) is 38.7 Å². The quantitative estimate of drug-likeness (QED) is 0.837. The normalized spacial score (nSPS) is 17.8. The summed E-state index contributed by atoms with van der Waals surface area (Å²) in [7, 11) is 0. The molecule has 1 aliphatic heterocycles. The van der Waals surface area contributed by atoms with Gasteiger partial charge in [-0.05, 0) is 30.8 Å². The number of carbonyl (C=O) groups is 1. The maximum Gasteiger partial charge on any atom is 0.328 e. The van der Waals surface area contributed by atoms with Crippen LogP contribution in [0.5, 0.6) is 0 Å². The molecule has 0 aromatic carbocycles. The summed E-state index contributed by atoms with van der Waals surface area (Å²) < 4.78 is 0. The average Bonchev–Trinajstić information content (AvgIpc) is 2.91. The van der Waals surface area contributed by atoms with Crippen molar-refractivity contribution in [3.8, 4) is 0 Å². The smallest absolute Gasteiger partial charge is 0.328 e. The third-order valence-corrected chi connectivity index (χ3v) is 4.30. The van der Waals surface area contributed by atoms with Gasteiger partial charge in [-0.15, -0.1) is 0 Å². The fourth-order valence-electron chi connectivity index (χ4n) is 2.68. The van der Waals surface area contributed by atoms with Crippen molar-refractivity contribution in [2.75, 3.05) is 18.0 Å². The molecule has 5 nitrogen and oxygen atoms in total. The van der Waals surface area contributed by atoms with E-state index in [2.05, 4.69) is 28.7 Å². The zero-order valence-corrected chi connectivity index (χ0v) is 12.0. The summed E-state index contributed by atoms with van der Waals surface area (Å²) in [5, 5.41) is 8.58. The van der Waals surface area contributed by atoms with E-state index in [4.69, 9.17) is 5.11 Å². The molecular formula is C15H21N3O2. The van der Waals surface area contributed by atoms with Crippen LogP contribution in [0, 0.1) is 5.41 Å². The van der Waals surface area contributed by atoms with Gasteiger partial charge >= 0.3 is 5.97 Å².